The molecule has 0 saturated carbocycles. The van der Waals surface area contributed by atoms with E-state index in [0.717, 1.165) is 0 Å². The molecule has 0 aliphatic rings. The van der Waals surface area contributed by atoms with Gasteiger partial charge in [0, 0.05) is 12.6 Å². The SMILES string of the molecule is CC(C)CC(O)CNc1cc(F)c(Cl)cc1N. The monoisotopic (exact) mass is 260 g/mol. The fourth-order valence-electron chi connectivity index (χ4n) is 1.57. The van der Waals surface area contributed by atoms with Crippen LogP contribution in [0.25, 0.3) is 0 Å². The molecule has 96 valence electrons. The van der Waals surface area contributed by atoms with E-state index in [-0.39, 0.29) is 5.02 Å². The second-order valence-electron chi connectivity index (χ2n) is 4.52. The summed E-state index contributed by atoms with van der Waals surface area (Å²) in [5.41, 5.74) is 6.50. The third-order valence-electron chi connectivity index (χ3n) is 2.36. The number of nitrogen functional groups attached to an aromatic ring is 1. The van der Waals surface area contributed by atoms with Gasteiger partial charge in [-0.25, -0.2) is 4.39 Å². The number of nitrogens with one attached hydrogen (secondary N) is 1. The van der Waals surface area contributed by atoms with Gasteiger partial charge in [0.2, 0.25) is 0 Å². The molecule has 1 unspecified atom stereocenters. The minimum Gasteiger partial charge on any atom is -0.397 e. The van der Waals surface area contributed by atoms with Gasteiger partial charge in [-0.2, -0.15) is 0 Å². The molecule has 1 aromatic rings. The number of anilines is 2. The van der Waals surface area contributed by atoms with Crippen LogP contribution in [0, 0.1) is 11.7 Å². The zero-order valence-corrected chi connectivity index (χ0v) is 10.8. The van der Waals surface area contributed by atoms with Gasteiger partial charge >= 0.3 is 0 Å². The number of benzene rings is 1. The molecule has 0 spiro atoms. The third kappa shape index (κ3) is 4.40. The summed E-state index contributed by atoms with van der Waals surface area (Å²) in [7, 11) is 0. The van der Waals surface area contributed by atoms with Crippen LogP contribution in [0.5, 0.6) is 0 Å². The molecule has 1 rings (SSSR count). The average molecular weight is 261 g/mol. The molecule has 4 N–H and O–H groups in total. The second-order valence-corrected chi connectivity index (χ2v) is 4.93. The number of rotatable bonds is 5. The van der Waals surface area contributed by atoms with E-state index in [4.69, 9.17) is 17.3 Å². The number of hydrogen-bond donors (Lipinski definition) is 3. The van der Waals surface area contributed by atoms with Gasteiger partial charge in [0.1, 0.15) is 5.82 Å². The molecule has 0 bridgehead atoms. The van der Waals surface area contributed by atoms with Gasteiger partial charge in [-0.05, 0) is 18.4 Å². The molecule has 0 amide bonds. The van der Waals surface area contributed by atoms with Gasteiger partial charge in [0.15, 0.2) is 0 Å². The molecule has 0 saturated heterocycles. The van der Waals surface area contributed by atoms with Crippen molar-refractivity contribution in [1.82, 2.24) is 0 Å². The Morgan fingerprint density at radius 2 is 2.12 bits per heavy atom. The Labute approximate surface area is 106 Å². The van der Waals surface area contributed by atoms with Gasteiger partial charge in [-0.1, -0.05) is 25.4 Å². The molecule has 1 aromatic carbocycles. The molecule has 3 nitrogen and oxygen atoms in total. The number of aliphatic hydroxyl groups excluding tert-OH is 1. The lowest BCUT2D eigenvalue weighted by molar-refractivity contribution is 0.161. The van der Waals surface area contributed by atoms with Crippen LogP contribution in [0.15, 0.2) is 12.1 Å². The zero-order chi connectivity index (χ0) is 13.0. The van der Waals surface area contributed by atoms with E-state index in [1.54, 1.807) is 0 Å². The summed E-state index contributed by atoms with van der Waals surface area (Å²) >= 11 is 5.59. The Kier molecular flexibility index (Phi) is 5.02. The summed E-state index contributed by atoms with van der Waals surface area (Å²) in [5.74, 6) is -0.118. The van der Waals surface area contributed by atoms with Crippen molar-refractivity contribution in [2.24, 2.45) is 5.92 Å². The molecular weight excluding hydrogens is 243 g/mol. The van der Waals surface area contributed by atoms with Crippen molar-refractivity contribution < 1.29 is 9.50 Å². The molecule has 0 heterocycles. The molecule has 0 aliphatic carbocycles. The molecule has 0 fully saturated rings. The fourth-order valence-corrected chi connectivity index (χ4v) is 1.74. The number of halogens is 2. The maximum absolute atomic E-state index is 13.2. The normalized spacial score (nSPS) is 12.8. The van der Waals surface area contributed by atoms with E-state index in [1.807, 2.05) is 13.8 Å². The summed E-state index contributed by atoms with van der Waals surface area (Å²) in [5, 5.41) is 12.6. The first-order valence-corrected chi connectivity index (χ1v) is 5.94. The summed E-state index contributed by atoms with van der Waals surface area (Å²) in [6.07, 6.45) is 0.205. The molecule has 5 heteroatoms. The van der Waals surface area contributed by atoms with Crippen LogP contribution >= 0.6 is 11.6 Å². The van der Waals surface area contributed by atoms with E-state index < -0.39 is 11.9 Å². The summed E-state index contributed by atoms with van der Waals surface area (Å²) in [6, 6.07) is 2.59. The van der Waals surface area contributed by atoms with E-state index >= 15 is 0 Å². The van der Waals surface area contributed by atoms with Crippen molar-refractivity contribution in [1.29, 1.82) is 0 Å². The number of nitrogens with two attached hydrogens (primary N) is 1. The number of aliphatic hydroxyl groups is 1. The highest BCUT2D eigenvalue weighted by Gasteiger charge is 2.09. The van der Waals surface area contributed by atoms with Gasteiger partial charge in [-0.3, -0.25) is 0 Å². The standard InChI is InChI=1S/C12H18ClFN2O/c1-7(2)3-8(17)6-16-12-5-10(14)9(13)4-11(12)15/h4-5,7-8,16-17H,3,6,15H2,1-2H3. The molecule has 0 aliphatic heterocycles. The van der Waals surface area contributed by atoms with Gasteiger partial charge in [0.05, 0.1) is 22.5 Å². The smallest absolute Gasteiger partial charge is 0.143 e. The second kappa shape index (κ2) is 6.07. The van der Waals surface area contributed by atoms with E-state index in [0.29, 0.717) is 30.3 Å². The number of hydrogen-bond acceptors (Lipinski definition) is 3. The zero-order valence-electron chi connectivity index (χ0n) is 10.0. The average Bonchev–Trinajstić information content (AvgIpc) is 2.20. The highest BCUT2D eigenvalue weighted by molar-refractivity contribution is 6.31. The minimum atomic E-state index is -0.526. The summed E-state index contributed by atoms with van der Waals surface area (Å²) in [4.78, 5) is 0. The molecule has 0 aromatic heterocycles. The van der Waals surface area contributed by atoms with Crippen LogP contribution in [0.3, 0.4) is 0 Å². The first kappa shape index (κ1) is 14.1. The van der Waals surface area contributed by atoms with Crippen LogP contribution in [-0.4, -0.2) is 17.8 Å². The Hall–Kier alpha value is -1.00. The lowest BCUT2D eigenvalue weighted by atomic mass is 10.1. The predicted octanol–water partition coefficient (Wildman–Crippen LogP) is 2.88. The van der Waals surface area contributed by atoms with E-state index in [2.05, 4.69) is 5.32 Å². The lowest BCUT2D eigenvalue weighted by Gasteiger charge is -2.16. The van der Waals surface area contributed by atoms with Crippen LogP contribution in [0.1, 0.15) is 20.3 Å². The van der Waals surface area contributed by atoms with Gasteiger partial charge < -0.3 is 16.2 Å². The van der Waals surface area contributed by atoms with Gasteiger partial charge in [0.25, 0.3) is 0 Å². The maximum Gasteiger partial charge on any atom is 0.143 e. The largest absolute Gasteiger partial charge is 0.397 e. The van der Waals surface area contributed by atoms with Crippen molar-refractivity contribution >= 4 is 23.0 Å². The Morgan fingerprint density at radius 3 is 2.71 bits per heavy atom. The van der Waals surface area contributed by atoms with Crippen LogP contribution in [0.2, 0.25) is 5.02 Å². The first-order chi connectivity index (χ1) is 7.90. The van der Waals surface area contributed by atoms with Crippen molar-refractivity contribution in [3.63, 3.8) is 0 Å². The van der Waals surface area contributed by atoms with Gasteiger partial charge in [-0.15, -0.1) is 0 Å². The Balaban J connectivity index is 2.60. The highest BCUT2D eigenvalue weighted by atomic mass is 35.5. The lowest BCUT2D eigenvalue weighted by Crippen LogP contribution is -2.21. The van der Waals surface area contributed by atoms with Crippen molar-refractivity contribution in [3.05, 3.63) is 23.0 Å². The van der Waals surface area contributed by atoms with Crippen molar-refractivity contribution in [2.45, 2.75) is 26.4 Å². The van der Waals surface area contributed by atoms with Crippen LogP contribution < -0.4 is 11.1 Å². The Bertz CT molecular complexity index is 385. The molecule has 17 heavy (non-hydrogen) atoms. The highest BCUT2D eigenvalue weighted by Crippen LogP contribution is 2.26. The van der Waals surface area contributed by atoms with Crippen LogP contribution in [-0.2, 0) is 0 Å². The van der Waals surface area contributed by atoms with E-state index in [9.17, 15) is 9.50 Å². The predicted molar refractivity (Wildman–Crippen MR) is 69.8 cm³/mol. The van der Waals surface area contributed by atoms with E-state index in [1.165, 1.54) is 12.1 Å². The Morgan fingerprint density at radius 1 is 1.47 bits per heavy atom. The maximum atomic E-state index is 13.2. The van der Waals surface area contributed by atoms with Crippen LogP contribution in [0.4, 0.5) is 15.8 Å². The molecule has 0 radical (unpaired) electrons. The summed E-state index contributed by atoms with van der Waals surface area (Å²) < 4.78 is 13.2. The third-order valence-corrected chi connectivity index (χ3v) is 2.65. The molecular formula is C12H18ClFN2O. The fraction of sp³-hybridized carbons (Fsp3) is 0.500. The summed E-state index contributed by atoms with van der Waals surface area (Å²) in [6.45, 7) is 4.39. The first-order valence-electron chi connectivity index (χ1n) is 5.56. The molecule has 1 atom stereocenters. The van der Waals surface area contributed by atoms with Crippen molar-refractivity contribution in [3.8, 4) is 0 Å². The quantitative estimate of drug-likeness (QED) is 0.714. The van der Waals surface area contributed by atoms with Crippen molar-refractivity contribution in [2.75, 3.05) is 17.6 Å². The minimum absolute atomic E-state index is 0.00391. The topological polar surface area (TPSA) is 58.3 Å².